The van der Waals surface area contributed by atoms with Gasteiger partial charge in [-0.1, -0.05) is 111 Å². The second-order valence-electron chi connectivity index (χ2n) is 8.24. The summed E-state index contributed by atoms with van der Waals surface area (Å²) >= 11 is 0. The van der Waals surface area contributed by atoms with Crippen LogP contribution in [0.4, 0.5) is 0 Å². The molecule has 0 aliphatic heterocycles. The van der Waals surface area contributed by atoms with E-state index in [-0.39, 0.29) is 34.0 Å². The Kier molecular flexibility index (Phi) is 2.65. The van der Waals surface area contributed by atoms with Gasteiger partial charge in [0.1, 0.15) is 0 Å². The first-order valence-electron chi connectivity index (χ1n) is 15.4. The second kappa shape index (κ2) is 7.49. The van der Waals surface area contributed by atoms with Crippen molar-refractivity contribution >= 4 is 0 Å². The van der Waals surface area contributed by atoms with Gasteiger partial charge in [0.05, 0.1) is 13.7 Å². The number of hydrogen-bond acceptors (Lipinski definition) is 3. The summed E-state index contributed by atoms with van der Waals surface area (Å²) in [5.74, 6) is -0.521. The second-order valence-corrected chi connectivity index (χ2v) is 8.24. The molecule has 0 saturated carbocycles. The maximum atomic E-state index is 8.50. The molecule has 1 aliphatic carbocycles. The van der Waals surface area contributed by atoms with E-state index in [0.717, 1.165) is 22.3 Å². The van der Waals surface area contributed by atoms with Crippen LogP contribution < -0.4 is 0 Å². The molecule has 33 heavy (non-hydrogen) atoms. The zero-order valence-corrected chi connectivity index (χ0v) is 17.9. The lowest BCUT2D eigenvalue weighted by atomic mass is 9.82. The van der Waals surface area contributed by atoms with Gasteiger partial charge in [-0.3, -0.25) is 0 Å². The number of hydrogen-bond donors (Lipinski definition) is 0. The van der Waals surface area contributed by atoms with Crippen LogP contribution in [0.2, 0.25) is 0 Å². The molecule has 0 atom stereocenters. The van der Waals surface area contributed by atoms with Crippen LogP contribution in [0.3, 0.4) is 0 Å². The van der Waals surface area contributed by atoms with Crippen molar-refractivity contribution in [3.63, 3.8) is 0 Å². The van der Waals surface area contributed by atoms with Crippen LogP contribution in [-0.2, 0) is 5.41 Å². The molecule has 1 heterocycles. The summed E-state index contributed by atoms with van der Waals surface area (Å²) in [6.07, 6.45) is 0. The molecule has 6 rings (SSSR count). The third kappa shape index (κ3) is 3.25. The fourth-order valence-corrected chi connectivity index (χ4v) is 4.30. The summed E-state index contributed by atoms with van der Waals surface area (Å²) in [5, 5.41) is 0. The smallest absolute Gasteiger partial charge is 0.164 e. The SMILES string of the molecule is [2H]c1c([2H])c([2H])c(-c2nc(-c3ccc4c(c3)C(C)(C)c3ccccc3-4)nc(-c3c([2H])c([2H])c([2H])c([2H])c3[2H])n2)c([2H])c1[2H]. The molecule has 0 amide bonds. The first kappa shape index (κ1) is 11.7. The number of fused-ring (bicyclic) bond motifs is 3. The van der Waals surface area contributed by atoms with Crippen LogP contribution in [0.15, 0.2) is 103 Å². The van der Waals surface area contributed by atoms with Crippen LogP contribution in [0.5, 0.6) is 0 Å². The van der Waals surface area contributed by atoms with E-state index < -0.39 is 60.4 Å². The zero-order valence-electron chi connectivity index (χ0n) is 27.9. The molecule has 4 aromatic carbocycles. The van der Waals surface area contributed by atoms with Crippen molar-refractivity contribution in [2.24, 2.45) is 0 Å². The largest absolute Gasteiger partial charge is 0.208 e. The molecule has 0 spiro atoms. The van der Waals surface area contributed by atoms with Crippen molar-refractivity contribution in [1.82, 2.24) is 15.0 Å². The van der Waals surface area contributed by atoms with Gasteiger partial charge < -0.3 is 0 Å². The van der Waals surface area contributed by atoms with E-state index in [9.17, 15) is 0 Å². The van der Waals surface area contributed by atoms with Gasteiger partial charge in [0.2, 0.25) is 0 Å². The van der Waals surface area contributed by atoms with E-state index in [4.69, 9.17) is 13.7 Å². The summed E-state index contributed by atoms with van der Waals surface area (Å²) in [4.78, 5) is 13.4. The fourth-order valence-electron chi connectivity index (χ4n) is 4.30. The molecule has 5 aromatic rings. The van der Waals surface area contributed by atoms with Crippen molar-refractivity contribution in [3.05, 3.63) is 114 Å². The molecular formula is C30H23N3. The molecule has 0 fully saturated rings. The normalized spacial score (nSPS) is 17.6. The Balaban J connectivity index is 1.67. The van der Waals surface area contributed by atoms with E-state index in [1.54, 1.807) is 6.07 Å². The van der Waals surface area contributed by atoms with Gasteiger partial charge >= 0.3 is 0 Å². The average molecular weight is 436 g/mol. The highest BCUT2D eigenvalue weighted by Gasteiger charge is 2.35. The molecule has 3 nitrogen and oxygen atoms in total. The Hall–Kier alpha value is -4.11. The molecule has 3 heteroatoms. The van der Waals surface area contributed by atoms with Crippen molar-refractivity contribution in [2.45, 2.75) is 19.3 Å². The molecule has 0 radical (unpaired) electrons. The van der Waals surface area contributed by atoms with E-state index in [2.05, 4.69) is 40.9 Å². The maximum absolute atomic E-state index is 8.50. The number of rotatable bonds is 3. The quantitative estimate of drug-likeness (QED) is 0.301. The standard InChI is InChI=1S/C30H23N3/c1-30(2)25-16-10-9-15-23(25)24-18-17-22(19-26(24)30)29-32-27(20-11-5-3-6-12-20)31-28(33-29)21-13-7-4-8-14-21/h3-19H,1-2H3/i3D,4D,5D,6D,7D,8D,11D,12D,13D,14D. The summed E-state index contributed by atoms with van der Waals surface area (Å²) in [7, 11) is 0. The van der Waals surface area contributed by atoms with E-state index >= 15 is 0 Å². The lowest BCUT2D eigenvalue weighted by Gasteiger charge is -2.21. The minimum absolute atomic E-state index is 0.0492. The van der Waals surface area contributed by atoms with E-state index in [1.807, 2.05) is 24.3 Å². The number of aromatic nitrogens is 3. The van der Waals surface area contributed by atoms with Gasteiger partial charge in [-0.05, 0) is 28.3 Å². The topological polar surface area (TPSA) is 38.7 Å². The van der Waals surface area contributed by atoms with E-state index in [0.29, 0.717) is 5.56 Å². The Morgan fingerprint density at radius 3 is 1.70 bits per heavy atom. The van der Waals surface area contributed by atoms with Crippen LogP contribution in [0, 0.1) is 0 Å². The van der Waals surface area contributed by atoms with Gasteiger partial charge in [-0.25, -0.2) is 15.0 Å². The molecular weight excluding hydrogens is 402 g/mol. The van der Waals surface area contributed by atoms with Crippen molar-refractivity contribution < 1.29 is 13.7 Å². The molecule has 0 bridgehead atoms. The lowest BCUT2D eigenvalue weighted by molar-refractivity contribution is 0.660. The van der Waals surface area contributed by atoms with Gasteiger partial charge in [-0.15, -0.1) is 0 Å². The minimum atomic E-state index is -0.584. The molecule has 158 valence electrons. The lowest BCUT2D eigenvalue weighted by Crippen LogP contribution is -2.15. The molecule has 0 unspecified atom stereocenters. The highest BCUT2D eigenvalue weighted by molar-refractivity contribution is 5.83. The highest BCUT2D eigenvalue weighted by atomic mass is 15.0. The molecule has 0 N–H and O–H groups in total. The zero-order chi connectivity index (χ0) is 31.1. The van der Waals surface area contributed by atoms with Crippen LogP contribution in [-0.4, -0.2) is 15.0 Å². The summed E-state index contributed by atoms with van der Waals surface area (Å²) in [6.45, 7) is 4.20. The average Bonchev–Trinajstić information content (AvgIpc) is 3.23. The van der Waals surface area contributed by atoms with Crippen LogP contribution in [0.25, 0.3) is 45.3 Å². The van der Waals surface area contributed by atoms with Crippen LogP contribution >= 0.6 is 0 Å². The van der Waals surface area contributed by atoms with Crippen LogP contribution in [0.1, 0.15) is 38.7 Å². The van der Waals surface area contributed by atoms with Gasteiger partial charge in [0, 0.05) is 22.1 Å². The monoisotopic (exact) mass is 435 g/mol. The fraction of sp³-hybridized carbons (Fsp3) is 0.100. The third-order valence-corrected chi connectivity index (χ3v) is 5.92. The highest BCUT2D eigenvalue weighted by Crippen LogP contribution is 2.49. The Bertz CT molecular complexity index is 1880. The number of nitrogens with zero attached hydrogens (tertiary/aromatic N) is 3. The van der Waals surface area contributed by atoms with Crippen molar-refractivity contribution in [3.8, 4) is 45.3 Å². The number of benzene rings is 4. The third-order valence-electron chi connectivity index (χ3n) is 5.92. The van der Waals surface area contributed by atoms with Gasteiger partial charge in [0.15, 0.2) is 17.5 Å². The van der Waals surface area contributed by atoms with Gasteiger partial charge in [-0.2, -0.15) is 0 Å². The summed E-state index contributed by atoms with van der Waals surface area (Å²) in [6, 6.07) is 8.08. The van der Waals surface area contributed by atoms with Gasteiger partial charge in [0.25, 0.3) is 0 Å². The summed E-state index contributed by atoms with van der Waals surface area (Å²) < 4.78 is 82.6. The Labute approximate surface area is 207 Å². The predicted octanol–water partition coefficient (Wildman–Crippen LogP) is 7.18. The Morgan fingerprint density at radius 1 is 0.576 bits per heavy atom. The predicted molar refractivity (Wildman–Crippen MR) is 134 cm³/mol. The molecule has 1 aromatic heterocycles. The summed E-state index contributed by atoms with van der Waals surface area (Å²) in [5.41, 5.74) is 3.86. The maximum Gasteiger partial charge on any atom is 0.164 e. The van der Waals surface area contributed by atoms with Crippen molar-refractivity contribution in [1.29, 1.82) is 0 Å². The molecule has 1 aliphatic rings. The minimum Gasteiger partial charge on any atom is -0.208 e. The Morgan fingerprint density at radius 2 is 1.09 bits per heavy atom. The van der Waals surface area contributed by atoms with Crippen molar-refractivity contribution in [2.75, 3.05) is 0 Å². The van der Waals surface area contributed by atoms with E-state index in [1.165, 1.54) is 0 Å². The first-order valence-corrected chi connectivity index (χ1v) is 10.4. The first-order chi connectivity index (χ1) is 20.2. The molecule has 0 saturated heterocycles.